The highest BCUT2D eigenvalue weighted by atomic mass is 19.1. The Morgan fingerprint density at radius 2 is 2.00 bits per heavy atom. The standard InChI is InChI=1S/C17H23F2N5/c1-4-13(9-8-11-6-5-7-12(18)10-11)21-16-23-14(17(2,3)19)22-15(20)24-16/h5-7,10,13H,4,8-9H2,1-3H3,(H3,20,21,22,23,24). The van der Waals surface area contributed by atoms with Crippen LogP contribution >= 0.6 is 0 Å². The molecule has 5 nitrogen and oxygen atoms in total. The van der Waals surface area contributed by atoms with E-state index < -0.39 is 5.67 Å². The molecule has 1 unspecified atom stereocenters. The van der Waals surface area contributed by atoms with Gasteiger partial charge >= 0.3 is 0 Å². The second kappa shape index (κ2) is 7.51. The average Bonchev–Trinajstić information content (AvgIpc) is 2.50. The van der Waals surface area contributed by atoms with Crippen LogP contribution in [0.1, 0.15) is 45.0 Å². The van der Waals surface area contributed by atoms with Crippen LogP contribution < -0.4 is 11.1 Å². The van der Waals surface area contributed by atoms with Gasteiger partial charge in [-0.3, -0.25) is 0 Å². The summed E-state index contributed by atoms with van der Waals surface area (Å²) in [6.45, 7) is 4.76. The normalized spacial score (nSPS) is 12.9. The number of nitrogens with two attached hydrogens (primary N) is 1. The lowest BCUT2D eigenvalue weighted by molar-refractivity contribution is 0.206. The molecule has 0 fully saturated rings. The molecule has 0 saturated heterocycles. The summed E-state index contributed by atoms with van der Waals surface area (Å²) in [5.41, 5.74) is 4.87. The molecule has 0 saturated carbocycles. The first-order chi connectivity index (χ1) is 11.3. The lowest BCUT2D eigenvalue weighted by Gasteiger charge is -2.19. The minimum absolute atomic E-state index is 0.00233. The smallest absolute Gasteiger partial charge is 0.228 e. The monoisotopic (exact) mass is 335 g/mol. The predicted octanol–water partition coefficient (Wildman–Crippen LogP) is 3.62. The van der Waals surface area contributed by atoms with Gasteiger partial charge in [-0.15, -0.1) is 0 Å². The maximum atomic E-state index is 14.0. The van der Waals surface area contributed by atoms with Gasteiger partial charge in [-0.25, -0.2) is 8.78 Å². The number of nitrogens with one attached hydrogen (secondary N) is 1. The van der Waals surface area contributed by atoms with Gasteiger partial charge in [0.25, 0.3) is 0 Å². The van der Waals surface area contributed by atoms with Gasteiger partial charge in [0.1, 0.15) is 5.82 Å². The lowest BCUT2D eigenvalue weighted by atomic mass is 10.0. The summed E-state index contributed by atoms with van der Waals surface area (Å²) in [6.07, 6.45) is 2.29. The third-order valence-corrected chi connectivity index (χ3v) is 3.68. The van der Waals surface area contributed by atoms with Crippen LogP contribution in [0.25, 0.3) is 0 Å². The molecule has 1 heterocycles. The van der Waals surface area contributed by atoms with Crippen molar-refractivity contribution in [3.8, 4) is 0 Å². The Hall–Kier alpha value is -2.31. The summed E-state index contributed by atoms with van der Waals surface area (Å²) in [6, 6.07) is 6.59. The fourth-order valence-corrected chi connectivity index (χ4v) is 2.32. The average molecular weight is 335 g/mol. The van der Waals surface area contributed by atoms with E-state index in [9.17, 15) is 8.78 Å². The number of anilines is 2. The molecule has 1 aromatic carbocycles. The van der Waals surface area contributed by atoms with Crippen LogP contribution in [0, 0.1) is 5.82 Å². The van der Waals surface area contributed by atoms with E-state index in [0.29, 0.717) is 6.42 Å². The Kier molecular flexibility index (Phi) is 5.64. The van der Waals surface area contributed by atoms with Gasteiger partial charge in [-0.2, -0.15) is 15.0 Å². The van der Waals surface area contributed by atoms with E-state index in [1.54, 1.807) is 6.07 Å². The van der Waals surface area contributed by atoms with E-state index in [1.807, 2.05) is 13.0 Å². The van der Waals surface area contributed by atoms with E-state index in [2.05, 4.69) is 20.3 Å². The largest absolute Gasteiger partial charge is 0.368 e. The maximum Gasteiger partial charge on any atom is 0.228 e. The van der Waals surface area contributed by atoms with Crippen LogP contribution in [0.3, 0.4) is 0 Å². The van der Waals surface area contributed by atoms with Crippen LogP contribution in [0.15, 0.2) is 24.3 Å². The van der Waals surface area contributed by atoms with E-state index in [-0.39, 0.29) is 29.6 Å². The van der Waals surface area contributed by atoms with Crippen LogP contribution in [0.5, 0.6) is 0 Å². The third kappa shape index (κ3) is 5.11. The van der Waals surface area contributed by atoms with E-state index >= 15 is 0 Å². The highest BCUT2D eigenvalue weighted by molar-refractivity contribution is 5.33. The molecule has 0 aliphatic rings. The quantitative estimate of drug-likeness (QED) is 0.808. The van der Waals surface area contributed by atoms with Crippen LogP contribution in [-0.4, -0.2) is 21.0 Å². The molecule has 0 radical (unpaired) electrons. The second-order valence-electron chi connectivity index (χ2n) is 6.23. The SMILES string of the molecule is CCC(CCc1cccc(F)c1)Nc1nc(N)nc(C(C)(C)F)n1. The molecule has 0 aliphatic carbocycles. The number of benzene rings is 1. The van der Waals surface area contributed by atoms with Crippen molar-refractivity contribution >= 4 is 11.9 Å². The zero-order valence-electron chi connectivity index (χ0n) is 14.2. The Balaban J connectivity index is 2.06. The number of aromatic nitrogens is 3. The number of nitrogens with zero attached hydrogens (tertiary/aromatic N) is 3. The number of hydrogen-bond donors (Lipinski definition) is 2. The van der Waals surface area contributed by atoms with Crippen molar-refractivity contribution in [2.75, 3.05) is 11.1 Å². The number of halogens is 2. The fourth-order valence-electron chi connectivity index (χ4n) is 2.32. The minimum atomic E-state index is -1.70. The summed E-state index contributed by atoms with van der Waals surface area (Å²) in [5.74, 6) is -0.00595. The first kappa shape index (κ1) is 18.0. The van der Waals surface area contributed by atoms with Crippen LogP contribution in [-0.2, 0) is 12.1 Å². The molecule has 0 spiro atoms. The highest BCUT2D eigenvalue weighted by Crippen LogP contribution is 2.22. The van der Waals surface area contributed by atoms with Crippen molar-refractivity contribution in [1.29, 1.82) is 0 Å². The molecule has 2 rings (SSSR count). The minimum Gasteiger partial charge on any atom is -0.368 e. The van der Waals surface area contributed by atoms with Crippen molar-refractivity contribution in [2.45, 2.75) is 51.7 Å². The zero-order chi connectivity index (χ0) is 17.7. The lowest BCUT2D eigenvalue weighted by Crippen LogP contribution is -2.24. The molecule has 1 aromatic heterocycles. The first-order valence-electron chi connectivity index (χ1n) is 8.00. The molecule has 2 aromatic rings. The molecule has 130 valence electrons. The predicted molar refractivity (Wildman–Crippen MR) is 90.8 cm³/mol. The molecule has 1 atom stereocenters. The topological polar surface area (TPSA) is 76.7 Å². The summed E-state index contributed by atoms with van der Waals surface area (Å²) in [4.78, 5) is 12.0. The first-order valence-corrected chi connectivity index (χ1v) is 8.00. The number of rotatable bonds is 7. The van der Waals surface area contributed by atoms with Crippen molar-refractivity contribution in [3.63, 3.8) is 0 Å². The summed E-state index contributed by atoms with van der Waals surface area (Å²) < 4.78 is 27.3. The molecule has 24 heavy (non-hydrogen) atoms. The summed E-state index contributed by atoms with van der Waals surface area (Å²) >= 11 is 0. The molecular formula is C17H23F2N5. The molecule has 0 amide bonds. The fraction of sp³-hybridized carbons (Fsp3) is 0.471. The molecule has 0 aliphatic heterocycles. The van der Waals surface area contributed by atoms with Gasteiger partial charge < -0.3 is 11.1 Å². The van der Waals surface area contributed by atoms with E-state index in [1.165, 1.54) is 26.0 Å². The van der Waals surface area contributed by atoms with Gasteiger partial charge in [0.05, 0.1) is 0 Å². The Bertz CT molecular complexity index is 685. The van der Waals surface area contributed by atoms with Gasteiger partial charge in [-0.1, -0.05) is 19.1 Å². The second-order valence-corrected chi connectivity index (χ2v) is 6.23. The number of nitrogen functional groups attached to an aromatic ring is 1. The molecular weight excluding hydrogens is 312 g/mol. The number of alkyl halides is 1. The van der Waals surface area contributed by atoms with E-state index in [4.69, 9.17) is 5.73 Å². The molecule has 3 N–H and O–H groups in total. The maximum absolute atomic E-state index is 14.0. The molecule has 7 heteroatoms. The van der Waals surface area contributed by atoms with Gasteiger partial charge in [-0.05, 0) is 50.8 Å². The van der Waals surface area contributed by atoms with Gasteiger partial charge in [0.2, 0.25) is 11.9 Å². The Labute approximate surface area is 140 Å². The van der Waals surface area contributed by atoms with Crippen LogP contribution in [0.2, 0.25) is 0 Å². The third-order valence-electron chi connectivity index (χ3n) is 3.68. The summed E-state index contributed by atoms with van der Waals surface area (Å²) in [5, 5.41) is 3.16. The highest BCUT2D eigenvalue weighted by Gasteiger charge is 2.24. The Morgan fingerprint density at radius 3 is 2.62 bits per heavy atom. The van der Waals surface area contributed by atoms with E-state index in [0.717, 1.165) is 18.4 Å². The van der Waals surface area contributed by atoms with Crippen molar-refractivity contribution in [2.24, 2.45) is 0 Å². The van der Waals surface area contributed by atoms with Gasteiger partial charge in [0, 0.05) is 6.04 Å². The Morgan fingerprint density at radius 1 is 1.25 bits per heavy atom. The van der Waals surface area contributed by atoms with Crippen LogP contribution in [0.4, 0.5) is 20.7 Å². The van der Waals surface area contributed by atoms with Crippen molar-refractivity contribution < 1.29 is 8.78 Å². The van der Waals surface area contributed by atoms with Crippen molar-refractivity contribution in [1.82, 2.24) is 15.0 Å². The summed E-state index contributed by atoms with van der Waals surface area (Å²) in [7, 11) is 0. The number of aryl methyl sites for hydroxylation is 1. The zero-order valence-corrected chi connectivity index (χ0v) is 14.2. The van der Waals surface area contributed by atoms with Crippen molar-refractivity contribution in [3.05, 3.63) is 41.5 Å². The number of hydrogen-bond acceptors (Lipinski definition) is 5. The van der Waals surface area contributed by atoms with Gasteiger partial charge in [0.15, 0.2) is 11.5 Å². The molecule has 0 bridgehead atoms.